The molecule has 0 atom stereocenters. The van der Waals surface area contributed by atoms with Gasteiger partial charge in [0, 0.05) is 24.5 Å². The van der Waals surface area contributed by atoms with E-state index in [2.05, 4.69) is 77.3 Å². The minimum atomic E-state index is 0.891. The molecular formula is C20H21NOS2. The number of allylic oxidation sites excluding steroid dienone is 3. The van der Waals surface area contributed by atoms with Gasteiger partial charge in [0.15, 0.2) is 0 Å². The fourth-order valence-electron chi connectivity index (χ4n) is 2.75. The third kappa shape index (κ3) is 4.19. The molecule has 1 heterocycles. The average Bonchev–Trinajstić information content (AvgIpc) is 2.64. The molecule has 0 N–H and O–H groups in total. The van der Waals surface area contributed by atoms with Crippen LogP contribution < -0.4 is 4.74 Å². The molecule has 0 saturated carbocycles. The zero-order chi connectivity index (χ0) is 16.8. The van der Waals surface area contributed by atoms with Gasteiger partial charge in [-0.25, -0.2) is 0 Å². The molecule has 2 aromatic rings. The summed E-state index contributed by atoms with van der Waals surface area (Å²) in [6, 6.07) is 12.7. The smallest absolute Gasteiger partial charge is 0.119 e. The third-order valence-electron chi connectivity index (χ3n) is 4.06. The van der Waals surface area contributed by atoms with Crippen molar-refractivity contribution in [2.45, 2.75) is 0 Å². The number of benzene rings is 2. The lowest BCUT2D eigenvalue weighted by Gasteiger charge is -2.26. The first-order chi connectivity index (χ1) is 11.8. The summed E-state index contributed by atoms with van der Waals surface area (Å²) in [4.78, 5) is 2.37. The summed E-state index contributed by atoms with van der Waals surface area (Å²) < 4.78 is 5.28. The van der Waals surface area contributed by atoms with E-state index in [-0.39, 0.29) is 0 Å². The van der Waals surface area contributed by atoms with Gasteiger partial charge in [0.1, 0.15) is 5.75 Å². The summed E-state index contributed by atoms with van der Waals surface area (Å²) >= 11 is 4.23. The highest BCUT2D eigenvalue weighted by Crippen LogP contribution is 2.23. The van der Waals surface area contributed by atoms with Crippen LogP contribution in [0.1, 0.15) is 5.56 Å². The van der Waals surface area contributed by atoms with Crippen molar-refractivity contribution in [2.75, 3.05) is 26.0 Å². The Morgan fingerprint density at radius 3 is 2.83 bits per heavy atom. The molecule has 124 valence electrons. The van der Waals surface area contributed by atoms with Crippen molar-refractivity contribution >= 4 is 39.3 Å². The van der Waals surface area contributed by atoms with Gasteiger partial charge in [-0.3, -0.25) is 0 Å². The Kier molecular flexibility index (Phi) is 5.94. The molecule has 4 heteroatoms. The first kappa shape index (κ1) is 17.1. The zero-order valence-corrected chi connectivity index (χ0v) is 15.4. The Morgan fingerprint density at radius 1 is 1.17 bits per heavy atom. The fourth-order valence-corrected chi connectivity index (χ4v) is 3.30. The molecule has 0 saturated heterocycles. The minimum absolute atomic E-state index is 0.891. The average molecular weight is 356 g/mol. The van der Waals surface area contributed by atoms with E-state index in [0.29, 0.717) is 0 Å². The zero-order valence-electron chi connectivity index (χ0n) is 13.7. The fraction of sp³-hybridized carbons (Fsp3) is 0.200. The van der Waals surface area contributed by atoms with Gasteiger partial charge in [0.05, 0.1) is 7.11 Å². The monoisotopic (exact) mass is 355 g/mol. The number of thiol groups is 1. The molecule has 0 bridgehead atoms. The Labute approximate surface area is 152 Å². The molecule has 0 radical (unpaired) electrons. The highest BCUT2D eigenvalue weighted by Gasteiger charge is 2.07. The number of ether oxygens (including phenoxy) is 1. The van der Waals surface area contributed by atoms with Gasteiger partial charge < -0.3 is 9.64 Å². The summed E-state index contributed by atoms with van der Waals surface area (Å²) in [6.45, 7) is 1.97. The van der Waals surface area contributed by atoms with E-state index in [1.165, 1.54) is 22.0 Å². The highest BCUT2D eigenvalue weighted by atomic mass is 33.1. The van der Waals surface area contributed by atoms with Crippen LogP contribution in [0.15, 0.2) is 66.4 Å². The molecule has 1 aliphatic rings. The van der Waals surface area contributed by atoms with E-state index in [4.69, 9.17) is 4.74 Å². The number of methoxy groups -OCH3 is 1. The lowest BCUT2D eigenvalue weighted by Crippen LogP contribution is -2.26. The van der Waals surface area contributed by atoms with Crippen molar-refractivity contribution in [2.24, 2.45) is 0 Å². The molecule has 2 nitrogen and oxygen atoms in total. The molecule has 0 aromatic heterocycles. The van der Waals surface area contributed by atoms with E-state index in [9.17, 15) is 0 Å². The number of nitrogens with zero attached hydrogens (tertiary/aromatic N) is 1. The predicted octanol–water partition coefficient (Wildman–Crippen LogP) is 5.20. The van der Waals surface area contributed by atoms with Crippen LogP contribution in [0.4, 0.5) is 0 Å². The van der Waals surface area contributed by atoms with Gasteiger partial charge in [0.25, 0.3) is 0 Å². The standard InChI is InChI=1S/C20H21NOS2/c1-22-20-10-8-17-14-16(5-7-18(17)15-20)6-9-19-4-2-3-11-21(19)12-13-24-23/h2-10,14-15,23H,11-13H2,1H3/b9-6+. The third-order valence-corrected chi connectivity index (χ3v) is 4.98. The van der Waals surface area contributed by atoms with Crippen LogP contribution >= 0.6 is 22.5 Å². The number of hydrogen-bond acceptors (Lipinski definition) is 4. The summed E-state index contributed by atoms with van der Waals surface area (Å²) in [7, 11) is 3.28. The lowest BCUT2D eigenvalue weighted by molar-refractivity contribution is 0.414. The second kappa shape index (κ2) is 8.36. The van der Waals surface area contributed by atoms with Crippen molar-refractivity contribution < 1.29 is 4.74 Å². The van der Waals surface area contributed by atoms with Crippen LogP contribution in [0.5, 0.6) is 5.75 Å². The van der Waals surface area contributed by atoms with Gasteiger partial charge in [-0.1, -0.05) is 47.2 Å². The molecule has 3 rings (SSSR count). The van der Waals surface area contributed by atoms with Gasteiger partial charge in [-0.05, 0) is 46.7 Å². The molecule has 0 unspecified atom stereocenters. The maximum Gasteiger partial charge on any atom is 0.119 e. The first-order valence-corrected chi connectivity index (χ1v) is 9.98. The topological polar surface area (TPSA) is 12.5 Å². The number of hydrogen-bond donors (Lipinski definition) is 1. The highest BCUT2D eigenvalue weighted by molar-refractivity contribution is 8.68. The van der Waals surface area contributed by atoms with Gasteiger partial charge in [-0.15, -0.1) is 11.7 Å². The van der Waals surface area contributed by atoms with Gasteiger partial charge in [-0.2, -0.15) is 0 Å². The Hall–Kier alpha value is -1.78. The molecule has 1 aliphatic heterocycles. The lowest BCUT2D eigenvalue weighted by atomic mass is 10.1. The molecule has 24 heavy (non-hydrogen) atoms. The molecule has 0 fully saturated rings. The van der Waals surface area contributed by atoms with Crippen LogP contribution in [0, 0.1) is 0 Å². The summed E-state index contributed by atoms with van der Waals surface area (Å²) in [5.41, 5.74) is 2.45. The molecule has 0 aliphatic carbocycles. The molecular weight excluding hydrogens is 334 g/mol. The van der Waals surface area contributed by atoms with Crippen LogP contribution in [0.25, 0.3) is 16.8 Å². The SMILES string of the molecule is COc1ccc2cc(/C=C/C3=CC=CCN3CCSS)ccc2c1. The first-order valence-electron chi connectivity index (χ1n) is 7.94. The van der Waals surface area contributed by atoms with Crippen molar-refractivity contribution in [3.05, 3.63) is 72.0 Å². The quantitative estimate of drug-likeness (QED) is 0.565. The van der Waals surface area contributed by atoms with Crippen molar-refractivity contribution in [1.82, 2.24) is 4.90 Å². The van der Waals surface area contributed by atoms with Crippen molar-refractivity contribution in [3.8, 4) is 5.75 Å². The van der Waals surface area contributed by atoms with E-state index in [1.54, 1.807) is 17.9 Å². The summed E-state index contributed by atoms with van der Waals surface area (Å²) in [6.07, 6.45) is 10.8. The van der Waals surface area contributed by atoms with Crippen LogP contribution in [-0.4, -0.2) is 30.9 Å². The molecule has 2 aromatic carbocycles. The largest absolute Gasteiger partial charge is 0.497 e. The van der Waals surface area contributed by atoms with E-state index in [0.717, 1.165) is 24.6 Å². The van der Waals surface area contributed by atoms with Crippen LogP contribution in [0.3, 0.4) is 0 Å². The van der Waals surface area contributed by atoms with Gasteiger partial charge >= 0.3 is 0 Å². The van der Waals surface area contributed by atoms with Crippen LogP contribution in [0.2, 0.25) is 0 Å². The van der Waals surface area contributed by atoms with E-state index < -0.39 is 0 Å². The number of rotatable bonds is 6. The minimum Gasteiger partial charge on any atom is -0.497 e. The second-order valence-electron chi connectivity index (χ2n) is 5.60. The van der Waals surface area contributed by atoms with Crippen molar-refractivity contribution in [1.29, 1.82) is 0 Å². The normalized spacial score (nSPS) is 14.4. The molecule has 0 amide bonds. The maximum atomic E-state index is 5.28. The Morgan fingerprint density at radius 2 is 2.00 bits per heavy atom. The van der Waals surface area contributed by atoms with Gasteiger partial charge in [0.2, 0.25) is 0 Å². The summed E-state index contributed by atoms with van der Waals surface area (Å²) in [5.74, 6) is 1.91. The van der Waals surface area contributed by atoms with Crippen LogP contribution in [-0.2, 0) is 0 Å². The maximum absolute atomic E-state index is 5.28. The Bertz CT molecular complexity index is 795. The summed E-state index contributed by atoms with van der Waals surface area (Å²) in [5, 5.41) is 2.41. The van der Waals surface area contributed by atoms with E-state index in [1.807, 2.05) is 6.07 Å². The molecule has 0 spiro atoms. The van der Waals surface area contributed by atoms with E-state index >= 15 is 0 Å². The number of fused-ring (bicyclic) bond motifs is 1. The second-order valence-corrected chi connectivity index (χ2v) is 7.05. The Balaban J connectivity index is 1.79. The predicted molar refractivity (Wildman–Crippen MR) is 110 cm³/mol. The van der Waals surface area contributed by atoms with Crippen molar-refractivity contribution in [3.63, 3.8) is 0 Å².